The van der Waals surface area contributed by atoms with E-state index in [9.17, 15) is 9.59 Å². The highest BCUT2D eigenvalue weighted by Gasteiger charge is 2.20. The SMILES string of the molecule is CSC1=C(SC)C(=O)C=CC1=O. The Morgan fingerprint density at radius 1 is 0.917 bits per heavy atom. The first-order valence-corrected chi connectivity index (χ1v) is 5.74. The van der Waals surface area contributed by atoms with E-state index in [0.29, 0.717) is 9.81 Å². The largest absolute Gasteiger partial charge is 0.289 e. The minimum absolute atomic E-state index is 0.0635. The van der Waals surface area contributed by atoms with Gasteiger partial charge in [0.2, 0.25) is 0 Å². The highest BCUT2D eigenvalue weighted by molar-refractivity contribution is 8.07. The molecule has 0 aliphatic heterocycles. The van der Waals surface area contributed by atoms with E-state index in [0.717, 1.165) is 0 Å². The first-order valence-electron chi connectivity index (χ1n) is 3.29. The van der Waals surface area contributed by atoms with Crippen LogP contribution in [0.5, 0.6) is 0 Å². The minimum atomic E-state index is -0.0635. The van der Waals surface area contributed by atoms with Crippen molar-refractivity contribution in [2.45, 2.75) is 0 Å². The van der Waals surface area contributed by atoms with Gasteiger partial charge in [-0.3, -0.25) is 9.59 Å². The molecule has 0 aromatic heterocycles. The van der Waals surface area contributed by atoms with Crippen LogP contribution < -0.4 is 0 Å². The molecule has 0 heterocycles. The van der Waals surface area contributed by atoms with Gasteiger partial charge in [-0.25, -0.2) is 0 Å². The summed E-state index contributed by atoms with van der Waals surface area (Å²) in [5.41, 5.74) is 0. The summed E-state index contributed by atoms with van der Waals surface area (Å²) in [4.78, 5) is 23.5. The number of rotatable bonds is 2. The Hall–Kier alpha value is -0.480. The van der Waals surface area contributed by atoms with E-state index in [-0.39, 0.29) is 11.6 Å². The van der Waals surface area contributed by atoms with Crippen LogP contribution in [-0.2, 0) is 9.59 Å². The molecule has 0 unspecified atom stereocenters. The van der Waals surface area contributed by atoms with Gasteiger partial charge in [-0.2, -0.15) is 0 Å². The number of hydrogen-bond donors (Lipinski definition) is 0. The average Bonchev–Trinajstić information content (AvgIpc) is 2.08. The molecule has 2 nitrogen and oxygen atoms in total. The van der Waals surface area contributed by atoms with Crippen LogP contribution in [0, 0.1) is 0 Å². The topological polar surface area (TPSA) is 34.1 Å². The van der Waals surface area contributed by atoms with E-state index in [1.54, 1.807) is 12.5 Å². The summed E-state index contributed by atoms with van der Waals surface area (Å²) >= 11 is 2.65. The Bertz CT molecular complexity index is 261. The zero-order valence-electron chi connectivity index (χ0n) is 6.79. The molecular weight excluding hydrogens is 192 g/mol. The van der Waals surface area contributed by atoms with Gasteiger partial charge >= 0.3 is 0 Å². The van der Waals surface area contributed by atoms with Crippen LogP contribution in [0.1, 0.15) is 0 Å². The smallest absolute Gasteiger partial charge is 0.193 e. The minimum Gasteiger partial charge on any atom is -0.289 e. The molecule has 0 spiro atoms. The molecule has 0 bridgehead atoms. The Kier molecular flexibility index (Phi) is 3.17. The molecule has 0 aromatic carbocycles. The maximum Gasteiger partial charge on any atom is 0.193 e. The summed E-state index contributed by atoms with van der Waals surface area (Å²) in [6.07, 6.45) is 6.26. The second-order valence-electron chi connectivity index (χ2n) is 2.13. The lowest BCUT2D eigenvalue weighted by Crippen LogP contribution is -2.10. The highest BCUT2D eigenvalue weighted by Crippen LogP contribution is 2.29. The number of allylic oxidation sites excluding steroid dienone is 4. The third kappa shape index (κ3) is 1.64. The molecule has 0 saturated heterocycles. The predicted octanol–water partition coefficient (Wildman–Crippen LogP) is 1.63. The third-order valence-corrected chi connectivity index (χ3v) is 3.20. The number of ketones is 2. The maximum absolute atomic E-state index is 11.2. The van der Waals surface area contributed by atoms with E-state index in [2.05, 4.69) is 0 Å². The van der Waals surface area contributed by atoms with E-state index < -0.39 is 0 Å². The molecule has 0 N–H and O–H groups in total. The number of thioether (sulfide) groups is 2. The van der Waals surface area contributed by atoms with Gasteiger partial charge in [0.05, 0.1) is 9.81 Å². The molecule has 1 rings (SSSR count). The van der Waals surface area contributed by atoms with Crippen molar-refractivity contribution in [1.82, 2.24) is 0 Å². The van der Waals surface area contributed by atoms with E-state index >= 15 is 0 Å². The van der Waals surface area contributed by atoms with Crippen molar-refractivity contribution in [3.8, 4) is 0 Å². The van der Waals surface area contributed by atoms with Crippen LogP contribution in [0.3, 0.4) is 0 Å². The average molecular weight is 200 g/mol. The molecular formula is C8H8O2S2. The fraction of sp³-hybridized carbons (Fsp3) is 0.250. The van der Waals surface area contributed by atoms with Crippen LogP contribution in [-0.4, -0.2) is 24.1 Å². The lowest BCUT2D eigenvalue weighted by Gasteiger charge is -2.09. The molecule has 0 amide bonds. The molecule has 1 aliphatic rings. The first kappa shape index (κ1) is 9.61. The van der Waals surface area contributed by atoms with Gasteiger partial charge in [-0.1, -0.05) is 0 Å². The normalized spacial score (nSPS) is 17.5. The van der Waals surface area contributed by atoms with E-state index in [4.69, 9.17) is 0 Å². The van der Waals surface area contributed by atoms with Crippen LogP contribution in [0.15, 0.2) is 22.0 Å². The third-order valence-electron chi connectivity index (χ3n) is 1.45. The summed E-state index contributed by atoms with van der Waals surface area (Å²) in [5, 5.41) is 0. The second kappa shape index (κ2) is 3.96. The lowest BCUT2D eigenvalue weighted by atomic mass is 10.2. The van der Waals surface area contributed by atoms with Gasteiger partial charge in [0.25, 0.3) is 0 Å². The van der Waals surface area contributed by atoms with Crippen molar-refractivity contribution in [2.24, 2.45) is 0 Å². The molecule has 4 heteroatoms. The number of carbonyl (C=O) groups is 2. The molecule has 0 atom stereocenters. The Balaban J connectivity index is 3.11. The van der Waals surface area contributed by atoms with Crippen LogP contribution in [0.25, 0.3) is 0 Å². The van der Waals surface area contributed by atoms with Gasteiger partial charge in [0.15, 0.2) is 11.6 Å². The van der Waals surface area contributed by atoms with Gasteiger partial charge in [0, 0.05) is 0 Å². The van der Waals surface area contributed by atoms with Gasteiger partial charge in [-0.05, 0) is 24.7 Å². The quantitative estimate of drug-likeness (QED) is 0.634. The molecule has 0 fully saturated rings. The van der Waals surface area contributed by atoms with Crippen molar-refractivity contribution in [1.29, 1.82) is 0 Å². The molecule has 0 saturated carbocycles. The second-order valence-corrected chi connectivity index (χ2v) is 3.76. The number of carbonyl (C=O) groups excluding carboxylic acids is 2. The Morgan fingerprint density at radius 3 is 1.50 bits per heavy atom. The van der Waals surface area contributed by atoms with Crippen molar-refractivity contribution in [2.75, 3.05) is 12.5 Å². The van der Waals surface area contributed by atoms with Crippen molar-refractivity contribution in [3.05, 3.63) is 22.0 Å². The maximum atomic E-state index is 11.2. The fourth-order valence-corrected chi connectivity index (χ4v) is 2.52. The molecule has 64 valence electrons. The zero-order valence-corrected chi connectivity index (χ0v) is 8.42. The zero-order chi connectivity index (χ0) is 9.14. The van der Waals surface area contributed by atoms with Gasteiger partial charge in [0.1, 0.15) is 0 Å². The van der Waals surface area contributed by atoms with Gasteiger partial charge in [-0.15, -0.1) is 23.5 Å². The monoisotopic (exact) mass is 200 g/mol. The molecule has 1 aliphatic carbocycles. The van der Waals surface area contributed by atoms with Gasteiger partial charge < -0.3 is 0 Å². The van der Waals surface area contributed by atoms with Crippen LogP contribution in [0.2, 0.25) is 0 Å². The Morgan fingerprint density at radius 2 is 1.25 bits per heavy atom. The van der Waals surface area contributed by atoms with Crippen molar-refractivity contribution in [3.63, 3.8) is 0 Å². The Labute approximate surface area is 79.5 Å². The summed E-state index contributed by atoms with van der Waals surface area (Å²) in [6, 6.07) is 0. The highest BCUT2D eigenvalue weighted by atomic mass is 32.2. The predicted molar refractivity (Wildman–Crippen MR) is 53.2 cm³/mol. The molecule has 12 heavy (non-hydrogen) atoms. The standard InChI is InChI=1S/C8H8O2S2/c1-11-7-5(9)3-4-6(10)8(7)12-2/h3-4H,1-2H3. The summed E-state index contributed by atoms with van der Waals surface area (Å²) in [7, 11) is 0. The van der Waals surface area contributed by atoms with E-state index in [1.165, 1.54) is 35.7 Å². The van der Waals surface area contributed by atoms with Crippen LogP contribution >= 0.6 is 23.5 Å². The molecule has 0 aromatic rings. The van der Waals surface area contributed by atoms with Crippen LogP contribution in [0.4, 0.5) is 0 Å². The lowest BCUT2D eigenvalue weighted by molar-refractivity contribution is -0.114. The summed E-state index contributed by atoms with van der Waals surface area (Å²) < 4.78 is 0. The summed E-state index contributed by atoms with van der Waals surface area (Å²) in [5.74, 6) is -0.127. The molecule has 0 radical (unpaired) electrons. The van der Waals surface area contributed by atoms with E-state index in [1.807, 2.05) is 0 Å². The summed E-state index contributed by atoms with van der Waals surface area (Å²) in [6.45, 7) is 0. The number of hydrogen-bond acceptors (Lipinski definition) is 4. The van der Waals surface area contributed by atoms with Crippen molar-refractivity contribution < 1.29 is 9.59 Å². The fourth-order valence-electron chi connectivity index (χ4n) is 0.913. The first-order chi connectivity index (χ1) is 5.70. The van der Waals surface area contributed by atoms with Crippen molar-refractivity contribution >= 4 is 35.1 Å².